The normalized spacial score (nSPS) is 26.2. The molecule has 4 nitrogen and oxygen atoms in total. The molecule has 2 atom stereocenters. The summed E-state index contributed by atoms with van der Waals surface area (Å²) in [5, 5.41) is 3.36. The lowest BCUT2D eigenvalue weighted by molar-refractivity contribution is 0.228. The zero-order valence-corrected chi connectivity index (χ0v) is 13.6. The fraction of sp³-hybridized carbons (Fsp3) is 0.538. The Bertz CT molecular complexity index is 627. The summed E-state index contributed by atoms with van der Waals surface area (Å²) in [5.41, 5.74) is 0. The Morgan fingerprint density at radius 1 is 1.29 bits per heavy atom. The smallest absolute Gasteiger partial charge is 0.244 e. The number of hydrogen-bond donors (Lipinski definition) is 1. The third kappa shape index (κ3) is 3.19. The molecular formula is C13H17Cl2FN2O2S. The first-order valence-electron chi connectivity index (χ1n) is 6.64. The van der Waals surface area contributed by atoms with Gasteiger partial charge in [0.1, 0.15) is 10.7 Å². The molecule has 2 saturated heterocycles. The zero-order chi connectivity index (χ0) is 14.3. The van der Waals surface area contributed by atoms with Crippen LogP contribution in [0.3, 0.4) is 0 Å². The van der Waals surface area contributed by atoms with Crippen LogP contribution >= 0.6 is 24.0 Å². The van der Waals surface area contributed by atoms with E-state index in [1.807, 2.05) is 0 Å². The lowest BCUT2D eigenvalue weighted by Gasteiger charge is -2.33. The van der Waals surface area contributed by atoms with Gasteiger partial charge in [0.2, 0.25) is 10.0 Å². The number of rotatable bonds is 2. The van der Waals surface area contributed by atoms with Crippen LogP contribution in [0.25, 0.3) is 0 Å². The van der Waals surface area contributed by atoms with Crippen molar-refractivity contribution in [2.75, 3.05) is 26.2 Å². The van der Waals surface area contributed by atoms with Gasteiger partial charge in [-0.1, -0.05) is 11.6 Å². The molecule has 118 valence electrons. The van der Waals surface area contributed by atoms with Crippen LogP contribution in [0, 0.1) is 17.7 Å². The third-order valence-corrected chi connectivity index (χ3v) is 6.52. The molecule has 21 heavy (non-hydrogen) atoms. The summed E-state index contributed by atoms with van der Waals surface area (Å²) in [5.74, 6) is 0.292. The molecule has 2 heterocycles. The molecule has 2 fully saturated rings. The molecule has 1 aromatic carbocycles. The van der Waals surface area contributed by atoms with E-state index in [1.54, 1.807) is 0 Å². The number of benzene rings is 1. The first kappa shape index (κ1) is 17.0. The number of halogens is 3. The lowest BCUT2D eigenvalue weighted by atomic mass is 9.90. The second kappa shape index (κ2) is 6.38. The largest absolute Gasteiger partial charge is 0.316 e. The van der Waals surface area contributed by atoms with Crippen LogP contribution in [0.5, 0.6) is 0 Å². The first-order chi connectivity index (χ1) is 9.48. The van der Waals surface area contributed by atoms with E-state index in [9.17, 15) is 12.8 Å². The average molecular weight is 355 g/mol. The minimum atomic E-state index is -3.72. The Kier molecular flexibility index (Phi) is 5.15. The maximum Gasteiger partial charge on any atom is 0.244 e. The van der Waals surface area contributed by atoms with Crippen molar-refractivity contribution in [2.24, 2.45) is 11.8 Å². The molecule has 0 spiro atoms. The molecule has 2 aliphatic rings. The number of fused-ring (bicyclic) bond motifs is 1. The summed E-state index contributed by atoms with van der Waals surface area (Å²) in [6, 6.07) is 3.44. The van der Waals surface area contributed by atoms with Crippen molar-refractivity contribution in [3.63, 3.8) is 0 Å². The maximum atomic E-state index is 13.3. The molecule has 3 rings (SSSR count). The predicted octanol–water partition coefficient (Wildman–Crippen LogP) is 2.13. The molecule has 0 radical (unpaired) electrons. The maximum absolute atomic E-state index is 13.3. The zero-order valence-electron chi connectivity index (χ0n) is 11.3. The van der Waals surface area contributed by atoms with E-state index in [2.05, 4.69) is 5.32 Å². The summed E-state index contributed by atoms with van der Waals surface area (Å²) in [6.45, 7) is 2.75. The average Bonchev–Trinajstić information content (AvgIpc) is 2.88. The van der Waals surface area contributed by atoms with Crippen LogP contribution in [-0.2, 0) is 10.0 Å². The van der Waals surface area contributed by atoms with Crippen LogP contribution < -0.4 is 5.32 Å². The van der Waals surface area contributed by atoms with Gasteiger partial charge in [0.15, 0.2) is 0 Å². The van der Waals surface area contributed by atoms with Crippen molar-refractivity contribution in [1.82, 2.24) is 9.62 Å². The van der Waals surface area contributed by atoms with Crippen molar-refractivity contribution < 1.29 is 12.8 Å². The highest BCUT2D eigenvalue weighted by atomic mass is 35.5. The fourth-order valence-corrected chi connectivity index (χ4v) is 5.03. The molecule has 0 bridgehead atoms. The summed E-state index contributed by atoms with van der Waals surface area (Å²) in [6.07, 6.45) is 0.837. The fourth-order valence-electron chi connectivity index (χ4n) is 3.03. The second-order valence-electron chi connectivity index (χ2n) is 5.40. The minimum Gasteiger partial charge on any atom is -0.316 e. The molecule has 1 aromatic rings. The summed E-state index contributed by atoms with van der Waals surface area (Å²) >= 11 is 5.93. The number of nitrogens with one attached hydrogen (secondary N) is 1. The molecule has 0 aliphatic carbocycles. The number of piperidine rings is 1. The minimum absolute atomic E-state index is 0. The number of hydrogen-bond acceptors (Lipinski definition) is 3. The van der Waals surface area contributed by atoms with Crippen molar-refractivity contribution >= 4 is 34.0 Å². The van der Waals surface area contributed by atoms with Gasteiger partial charge >= 0.3 is 0 Å². The van der Waals surface area contributed by atoms with Gasteiger partial charge in [0.05, 0.1) is 5.02 Å². The van der Waals surface area contributed by atoms with E-state index in [4.69, 9.17) is 11.6 Å². The van der Waals surface area contributed by atoms with Crippen molar-refractivity contribution in [3.8, 4) is 0 Å². The van der Waals surface area contributed by atoms with Crippen molar-refractivity contribution in [3.05, 3.63) is 29.0 Å². The SMILES string of the molecule is Cl.O=S(=O)(c1cc(F)ccc1Cl)N1CCC2CNCC2C1. The van der Waals surface area contributed by atoms with Crippen molar-refractivity contribution in [1.29, 1.82) is 0 Å². The summed E-state index contributed by atoms with van der Waals surface area (Å²) in [7, 11) is -3.72. The molecule has 2 aliphatic heterocycles. The predicted molar refractivity (Wildman–Crippen MR) is 81.9 cm³/mol. The quantitative estimate of drug-likeness (QED) is 0.884. The van der Waals surface area contributed by atoms with Gasteiger partial charge in [-0.25, -0.2) is 12.8 Å². The van der Waals surface area contributed by atoms with Gasteiger partial charge in [-0.2, -0.15) is 4.31 Å². The number of sulfonamides is 1. The third-order valence-electron chi connectivity index (χ3n) is 4.18. The lowest BCUT2D eigenvalue weighted by Crippen LogP contribution is -2.43. The molecule has 2 unspecified atom stereocenters. The molecule has 8 heteroatoms. The van der Waals surface area contributed by atoms with Gasteiger partial charge < -0.3 is 5.32 Å². The van der Waals surface area contributed by atoms with Gasteiger partial charge in [-0.3, -0.25) is 0 Å². The Labute approximate surface area is 135 Å². The Morgan fingerprint density at radius 3 is 2.76 bits per heavy atom. The topological polar surface area (TPSA) is 49.4 Å². The van der Waals surface area contributed by atoms with E-state index in [0.29, 0.717) is 24.9 Å². The van der Waals surface area contributed by atoms with Crippen molar-refractivity contribution in [2.45, 2.75) is 11.3 Å². The van der Waals surface area contributed by atoms with Gasteiger partial charge in [0, 0.05) is 13.1 Å². The Balaban J connectivity index is 0.00000161. The van der Waals surface area contributed by atoms with Crippen LogP contribution in [0.2, 0.25) is 5.02 Å². The molecule has 0 saturated carbocycles. The monoisotopic (exact) mass is 354 g/mol. The molecule has 1 N–H and O–H groups in total. The standard InChI is InChI=1S/C13H16ClFN2O2S.ClH/c14-12-2-1-11(15)5-13(12)20(18,19)17-4-3-9-6-16-7-10(9)8-17;/h1-2,5,9-10,16H,3-4,6-8H2;1H. The van der Waals surface area contributed by atoms with Gasteiger partial charge in [0.25, 0.3) is 0 Å². The van der Waals surface area contributed by atoms with Crippen LogP contribution in [0.15, 0.2) is 23.1 Å². The van der Waals surface area contributed by atoms with E-state index in [0.717, 1.165) is 31.6 Å². The highest BCUT2D eigenvalue weighted by Gasteiger charge is 2.38. The second-order valence-corrected chi connectivity index (χ2v) is 7.72. The molecular weight excluding hydrogens is 338 g/mol. The van der Waals surface area contributed by atoms with E-state index < -0.39 is 15.8 Å². The van der Waals surface area contributed by atoms with E-state index >= 15 is 0 Å². The number of nitrogens with zero attached hydrogens (tertiary/aromatic N) is 1. The first-order valence-corrected chi connectivity index (χ1v) is 8.46. The summed E-state index contributed by atoms with van der Waals surface area (Å²) in [4.78, 5) is -0.136. The summed E-state index contributed by atoms with van der Waals surface area (Å²) < 4.78 is 39.9. The van der Waals surface area contributed by atoms with Crippen LogP contribution in [0.4, 0.5) is 4.39 Å². The van der Waals surface area contributed by atoms with Gasteiger partial charge in [-0.05, 0) is 49.5 Å². The Hall–Kier alpha value is -0.400. The van der Waals surface area contributed by atoms with E-state index in [1.165, 1.54) is 10.4 Å². The molecule has 0 amide bonds. The molecule has 0 aromatic heterocycles. The highest BCUT2D eigenvalue weighted by Crippen LogP contribution is 2.32. The van der Waals surface area contributed by atoms with Crippen LogP contribution in [0.1, 0.15) is 6.42 Å². The van der Waals surface area contributed by atoms with E-state index in [-0.39, 0.29) is 22.3 Å². The van der Waals surface area contributed by atoms with Gasteiger partial charge in [-0.15, -0.1) is 12.4 Å². The highest BCUT2D eigenvalue weighted by molar-refractivity contribution is 7.89. The van der Waals surface area contributed by atoms with Crippen LogP contribution in [-0.4, -0.2) is 38.9 Å². The Morgan fingerprint density at radius 2 is 2.00 bits per heavy atom.